The van der Waals surface area contributed by atoms with E-state index in [1.54, 1.807) is 28.8 Å². The van der Waals surface area contributed by atoms with Gasteiger partial charge in [-0.25, -0.2) is 9.18 Å². The van der Waals surface area contributed by atoms with Gasteiger partial charge in [-0.1, -0.05) is 41.4 Å². The van der Waals surface area contributed by atoms with Gasteiger partial charge in [0, 0.05) is 53.7 Å². The molecule has 232 valence electrons. The number of carbonyl (C=O) groups excluding carboxylic acids is 1. The van der Waals surface area contributed by atoms with Crippen molar-refractivity contribution in [2.24, 2.45) is 0 Å². The van der Waals surface area contributed by atoms with E-state index in [0.29, 0.717) is 39.6 Å². The average Bonchev–Trinajstić information content (AvgIpc) is 3.37. The lowest BCUT2D eigenvalue weighted by Gasteiger charge is -2.26. The van der Waals surface area contributed by atoms with Crippen LogP contribution >= 0.6 is 23.2 Å². The first kappa shape index (κ1) is 32.0. The van der Waals surface area contributed by atoms with Crippen molar-refractivity contribution in [3.8, 4) is 11.5 Å². The van der Waals surface area contributed by atoms with Crippen molar-refractivity contribution in [3.05, 3.63) is 134 Å². The van der Waals surface area contributed by atoms with E-state index in [1.807, 2.05) is 24.3 Å². The number of H-pyrrole nitrogens is 1. The lowest BCUT2D eigenvalue weighted by molar-refractivity contribution is 0.0975. The number of phenolic OH excluding ortho intramolecular Hbond substituents is 2. The van der Waals surface area contributed by atoms with E-state index >= 15 is 0 Å². The molecule has 10 heteroatoms. The molecule has 0 radical (unpaired) electrons. The number of carbonyl (C=O) groups is 1. The van der Waals surface area contributed by atoms with E-state index < -0.39 is 0 Å². The maximum Gasteiger partial charge on any atom is 0.330 e. The Bertz CT molecular complexity index is 1850. The fraction of sp³-hybridized carbons (Fsp3) is 0.200. The highest BCUT2D eigenvalue weighted by Gasteiger charge is 2.17. The monoisotopic (exact) mass is 647 g/mol. The smallest absolute Gasteiger partial charge is 0.330 e. The van der Waals surface area contributed by atoms with Crippen LogP contribution < -0.4 is 5.69 Å². The van der Waals surface area contributed by atoms with E-state index in [1.165, 1.54) is 36.4 Å². The summed E-state index contributed by atoms with van der Waals surface area (Å²) in [5, 5.41) is 20.4. The Labute approximate surface area is 269 Å². The molecule has 0 amide bonds. The average molecular weight is 649 g/mol. The summed E-state index contributed by atoms with van der Waals surface area (Å²) in [5.74, 6) is 0.00269. The number of phenols is 2. The number of halogens is 3. The van der Waals surface area contributed by atoms with E-state index in [-0.39, 0.29) is 28.8 Å². The maximum atomic E-state index is 12.9. The number of nitrogens with one attached hydrogen (secondary N) is 1. The zero-order valence-corrected chi connectivity index (χ0v) is 25.9. The third-order valence-electron chi connectivity index (χ3n) is 7.65. The van der Waals surface area contributed by atoms with Crippen LogP contribution in [0.5, 0.6) is 11.5 Å². The number of aromatic amines is 1. The predicted molar refractivity (Wildman–Crippen MR) is 177 cm³/mol. The Morgan fingerprint density at radius 1 is 0.889 bits per heavy atom. The summed E-state index contributed by atoms with van der Waals surface area (Å²) < 4.78 is 14.7. The first-order chi connectivity index (χ1) is 21.7. The van der Waals surface area contributed by atoms with Gasteiger partial charge in [0.25, 0.3) is 0 Å². The molecule has 0 bridgehead atoms. The van der Waals surface area contributed by atoms with Crippen LogP contribution in [0.4, 0.5) is 4.39 Å². The first-order valence-electron chi connectivity index (χ1n) is 14.5. The number of hydrogen-bond acceptors (Lipinski definition) is 5. The summed E-state index contributed by atoms with van der Waals surface area (Å²) in [6.07, 6.45) is 4.45. The number of Topliss-reactive ketones (excluding diaryl/α,β-unsaturated/α-hetero) is 1. The van der Waals surface area contributed by atoms with Crippen LogP contribution in [0.15, 0.2) is 95.8 Å². The first-order valence-corrected chi connectivity index (χ1v) is 15.3. The molecule has 45 heavy (non-hydrogen) atoms. The SMILES string of the molecule is O=C(CCCN1CC=C(n2c(=O)[nH]c3ccccc32)CC1)c1ccc(F)cc1.Oc1ccc(Cl)cc1Cc1cc(Cl)ccc1O. The zero-order chi connectivity index (χ0) is 31.9. The molecule has 0 saturated heterocycles. The molecular formula is C35H32Cl2FN3O4. The summed E-state index contributed by atoms with van der Waals surface area (Å²) >= 11 is 11.7. The number of imidazole rings is 1. The van der Waals surface area contributed by atoms with Crippen LogP contribution in [0.3, 0.4) is 0 Å². The van der Waals surface area contributed by atoms with Gasteiger partial charge in [0.15, 0.2) is 5.78 Å². The minimum atomic E-state index is -0.332. The maximum absolute atomic E-state index is 12.9. The number of ketones is 1. The Kier molecular flexibility index (Phi) is 10.4. The molecule has 4 aromatic carbocycles. The molecule has 0 aliphatic carbocycles. The highest BCUT2D eigenvalue weighted by atomic mass is 35.5. The van der Waals surface area contributed by atoms with E-state index in [4.69, 9.17) is 23.2 Å². The second-order valence-corrected chi connectivity index (χ2v) is 11.7. The number of nitrogens with zero attached hydrogens (tertiary/aromatic N) is 2. The minimum absolute atomic E-state index is 0.0404. The van der Waals surface area contributed by atoms with Gasteiger partial charge in [0.2, 0.25) is 0 Å². The molecular weight excluding hydrogens is 616 g/mol. The molecule has 7 nitrogen and oxygen atoms in total. The number of hydrogen-bond donors (Lipinski definition) is 3. The summed E-state index contributed by atoms with van der Waals surface area (Å²) in [6.45, 7) is 2.42. The minimum Gasteiger partial charge on any atom is -0.508 e. The normalized spacial score (nSPS) is 13.3. The lowest BCUT2D eigenvalue weighted by atomic mass is 10.0. The van der Waals surface area contributed by atoms with Crippen LogP contribution in [0.2, 0.25) is 10.0 Å². The van der Waals surface area contributed by atoms with Gasteiger partial charge in [0.05, 0.1) is 11.0 Å². The van der Waals surface area contributed by atoms with Crippen LogP contribution in [-0.4, -0.2) is 50.1 Å². The van der Waals surface area contributed by atoms with E-state index in [9.17, 15) is 24.2 Å². The number of para-hydroxylation sites is 2. The predicted octanol–water partition coefficient (Wildman–Crippen LogP) is 7.67. The standard InChI is InChI=1S/C22H22FN3O2.C13H10Cl2O2/c23-17-9-7-16(8-10-17)21(27)6-3-13-25-14-11-18(12-15-25)26-20-5-2-1-4-19(20)24-22(26)28;14-10-1-3-12(16)8(6-10)5-9-7-11(15)2-4-13(9)17/h1-2,4-5,7-11H,3,6,12-15H2,(H,24,28);1-4,6-7,16-17H,5H2. The topological polar surface area (TPSA) is 98.6 Å². The molecule has 5 aromatic rings. The number of rotatable bonds is 8. The van der Waals surface area contributed by atoms with Crippen LogP contribution in [0.1, 0.15) is 40.7 Å². The molecule has 1 aromatic heterocycles. The van der Waals surface area contributed by atoms with Gasteiger partial charge in [-0.3, -0.25) is 14.3 Å². The fourth-order valence-electron chi connectivity index (χ4n) is 5.29. The molecule has 3 N–H and O–H groups in total. The Morgan fingerprint density at radius 2 is 1.53 bits per heavy atom. The number of benzene rings is 4. The van der Waals surface area contributed by atoms with Gasteiger partial charge in [-0.15, -0.1) is 0 Å². The van der Waals surface area contributed by atoms with Gasteiger partial charge in [-0.2, -0.15) is 0 Å². The second kappa shape index (κ2) is 14.6. The summed E-state index contributed by atoms with van der Waals surface area (Å²) in [5.41, 5.74) is 4.50. The molecule has 6 rings (SSSR count). The van der Waals surface area contributed by atoms with Gasteiger partial charge >= 0.3 is 5.69 Å². The third kappa shape index (κ3) is 8.22. The van der Waals surface area contributed by atoms with Crippen molar-refractivity contribution in [1.82, 2.24) is 14.5 Å². The molecule has 1 aliphatic heterocycles. The third-order valence-corrected chi connectivity index (χ3v) is 8.12. The quantitative estimate of drug-likeness (QED) is 0.150. The van der Waals surface area contributed by atoms with E-state index in [2.05, 4.69) is 16.0 Å². The number of aromatic hydroxyl groups is 2. The summed E-state index contributed by atoms with van der Waals surface area (Å²) in [6, 6.07) is 23.0. The van der Waals surface area contributed by atoms with E-state index in [0.717, 1.165) is 49.2 Å². The van der Waals surface area contributed by atoms with Crippen LogP contribution in [0, 0.1) is 5.82 Å². The van der Waals surface area contributed by atoms with Crippen molar-refractivity contribution < 1.29 is 19.4 Å². The second-order valence-electron chi connectivity index (χ2n) is 10.8. The Hall–Kier alpha value is -4.37. The molecule has 0 unspecified atom stereocenters. The highest BCUT2D eigenvalue weighted by Crippen LogP contribution is 2.29. The molecule has 0 fully saturated rings. The Balaban J connectivity index is 0.000000201. The molecule has 0 spiro atoms. The largest absolute Gasteiger partial charge is 0.508 e. The molecule has 1 aliphatic rings. The van der Waals surface area contributed by atoms with Crippen LogP contribution in [0.25, 0.3) is 16.7 Å². The number of aromatic nitrogens is 2. The molecule has 0 saturated carbocycles. The summed E-state index contributed by atoms with van der Waals surface area (Å²) in [7, 11) is 0. The fourth-order valence-corrected chi connectivity index (χ4v) is 5.68. The lowest BCUT2D eigenvalue weighted by Crippen LogP contribution is -2.32. The van der Waals surface area contributed by atoms with Gasteiger partial charge < -0.3 is 15.2 Å². The number of fused-ring (bicyclic) bond motifs is 1. The van der Waals surface area contributed by atoms with Crippen molar-refractivity contribution >= 4 is 45.7 Å². The van der Waals surface area contributed by atoms with Crippen molar-refractivity contribution in [3.63, 3.8) is 0 Å². The Morgan fingerprint density at radius 3 is 2.16 bits per heavy atom. The van der Waals surface area contributed by atoms with Gasteiger partial charge in [-0.05, 0) is 96.9 Å². The van der Waals surface area contributed by atoms with Crippen molar-refractivity contribution in [1.29, 1.82) is 0 Å². The highest BCUT2D eigenvalue weighted by molar-refractivity contribution is 6.31. The zero-order valence-electron chi connectivity index (χ0n) is 24.3. The molecule has 2 heterocycles. The van der Waals surface area contributed by atoms with Crippen LogP contribution in [-0.2, 0) is 6.42 Å². The molecule has 0 atom stereocenters. The van der Waals surface area contributed by atoms with Crippen molar-refractivity contribution in [2.75, 3.05) is 19.6 Å². The van der Waals surface area contributed by atoms with Crippen molar-refractivity contribution in [2.45, 2.75) is 25.7 Å². The van der Waals surface area contributed by atoms with Gasteiger partial charge in [0.1, 0.15) is 17.3 Å². The summed E-state index contributed by atoms with van der Waals surface area (Å²) in [4.78, 5) is 29.7.